The summed E-state index contributed by atoms with van der Waals surface area (Å²) in [7, 11) is 0. The molecule has 2 aromatic heterocycles. The maximum Gasteiger partial charge on any atom is 0.355 e. The molecule has 10 nitrogen and oxygen atoms in total. The summed E-state index contributed by atoms with van der Waals surface area (Å²) in [5.74, 6) is -0.647. The third-order valence-corrected chi connectivity index (χ3v) is 3.94. The molecule has 3 rings (SSSR count). The molecule has 1 amide bonds. The molecular formula is C16H11Cl2N7O3. The molecule has 0 bridgehead atoms. The number of pyridine rings is 1. The number of hydrogen-bond acceptors (Lipinski definition) is 8. The van der Waals surface area contributed by atoms with Gasteiger partial charge in [-0.1, -0.05) is 35.3 Å². The van der Waals surface area contributed by atoms with Gasteiger partial charge < -0.3 is 5.32 Å². The Morgan fingerprint density at radius 1 is 1.04 bits per heavy atom. The smallest absolute Gasteiger partial charge is 0.319 e. The van der Waals surface area contributed by atoms with E-state index in [0.29, 0.717) is 5.02 Å². The Balaban J connectivity index is 1.83. The molecule has 142 valence electrons. The van der Waals surface area contributed by atoms with E-state index in [2.05, 4.69) is 31.1 Å². The van der Waals surface area contributed by atoms with Gasteiger partial charge >= 0.3 is 5.69 Å². The zero-order valence-electron chi connectivity index (χ0n) is 13.9. The minimum absolute atomic E-state index is 0.121. The lowest BCUT2D eigenvalue weighted by Crippen LogP contribution is -2.30. The standard InChI is InChI=1S/C16H11Cl2N7O3/c17-9-5-6-12(19-7-9)22-14-13(25(27)28)15(21-8-20-14)23-24-16(26)10-3-1-2-4-11(10)18/h1-8H,(H,24,26)(H2,19,20,21,22,23). The van der Waals surface area contributed by atoms with Crippen LogP contribution in [0.25, 0.3) is 0 Å². The zero-order chi connectivity index (χ0) is 20.1. The highest BCUT2D eigenvalue weighted by Gasteiger charge is 2.24. The van der Waals surface area contributed by atoms with E-state index in [-0.39, 0.29) is 28.0 Å². The Hall–Kier alpha value is -3.50. The summed E-state index contributed by atoms with van der Waals surface area (Å²) >= 11 is 11.7. The van der Waals surface area contributed by atoms with Gasteiger partial charge in [0.1, 0.15) is 12.1 Å². The molecule has 3 aromatic rings. The Bertz CT molecular complexity index is 1030. The molecule has 0 aliphatic rings. The van der Waals surface area contributed by atoms with Gasteiger partial charge in [-0.2, -0.15) is 0 Å². The molecule has 3 N–H and O–H groups in total. The van der Waals surface area contributed by atoms with Gasteiger partial charge in [-0.3, -0.25) is 25.8 Å². The molecule has 12 heteroatoms. The van der Waals surface area contributed by atoms with Gasteiger partial charge in [0.05, 0.1) is 20.5 Å². The van der Waals surface area contributed by atoms with Crippen LogP contribution in [0.4, 0.5) is 23.1 Å². The molecule has 0 aliphatic carbocycles. The monoisotopic (exact) mass is 419 g/mol. The fourth-order valence-corrected chi connectivity index (χ4v) is 2.47. The summed E-state index contributed by atoms with van der Waals surface area (Å²) in [6.07, 6.45) is 2.47. The number of nitro groups is 1. The number of hydrazine groups is 1. The van der Waals surface area contributed by atoms with E-state index < -0.39 is 16.5 Å². The number of carbonyl (C=O) groups excluding carboxylic acids is 1. The van der Waals surface area contributed by atoms with E-state index >= 15 is 0 Å². The average Bonchev–Trinajstić information content (AvgIpc) is 2.68. The lowest BCUT2D eigenvalue weighted by Gasteiger charge is -2.11. The second kappa shape index (κ2) is 8.46. The fraction of sp³-hybridized carbons (Fsp3) is 0. The number of anilines is 3. The molecule has 28 heavy (non-hydrogen) atoms. The van der Waals surface area contributed by atoms with Gasteiger partial charge in [-0.25, -0.2) is 15.0 Å². The number of benzene rings is 1. The van der Waals surface area contributed by atoms with Gasteiger partial charge in [0.25, 0.3) is 5.91 Å². The number of nitrogens with one attached hydrogen (secondary N) is 3. The van der Waals surface area contributed by atoms with E-state index in [1.165, 1.54) is 18.3 Å². The average molecular weight is 420 g/mol. The first kappa shape index (κ1) is 19.3. The topological polar surface area (TPSA) is 135 Å². The van der Waals surface area contributed by atoms with E-state index in [4.69, 9.17) is 23.2 Å². The fourth-order valence-electron chi connectivity index (χ4n) is 2.13. The van der Waals surface area contributed by atoms with E-state index in [1.807, 2.05) is 0 Å². The quantitative estimate of drug-likeness (QED) is 0.407. The first-order valence-electron chi connectivity index (χ1n) is 7.64. The molecule has 0 radical (unpaired) electrons. The van der Waals surface area contributed by atoms with Crippen LogP contribution < -0.4 is 16.2 Å². The predicted octanol–water partition coefficient (Wildman–Crippen LogP) is 3.59. The summed E-state index contributed by atoms with van der Waals surface area (Å²) in [5.41, 5.74) is 4.45. The van der Waals surface area contributed by atoms with Crippen LogP contribution in [0.5, 0.6) is 0 Å². The third kappa shape index (κ3) is 4.42. The first-order chi connectivity index (χ1) is 13.5. The summed E-state index contributed by atoms with van der Waals surface area (Å²) < 4.78 is 0. The van der Waals surface area contributed by atoms with Crippen molar-refractivity contribution in [2.24, 2.45) is 0 Å². The van der Waals surface area contributed by atoms with E-state index in [9.17, 15) is 14.9 Å². The van der Waals surface area contributed by atoms with Crippen molar-refractivity contribution < 1.29 is 9.72 Å². The highest BCUT2D eigenvalue weighted by Crippen LogP contribution is 2.30. The number of aromatic nitrogens is 3. The summed E-state index contributed by atoms with van der Waals surface area (Å²) in [4.78, 5) is 34.7. The second-order valence-electron chi connectivity index (χ2n) is 5.22. The molecular weight excluding hydrogens is 409 g/mol. The number of hydrogen-bond donors (Lipinski definition) is 3. The Kier molecular flexibility index (Phi) is 5.82. The summed E-state index contributed by atoms with van der Waals surface area (Å²) in [6, 6.07) is 9.45. The van der Waals surface area contributed by atoms with E-state index in [0.717, 1.165) is 6.33 Å². The van der Waals surface area contributed by atoms with Crippen molar-refractivity contribution in [3.63, 3.8) is 0 Å². The van der Waals surface area contributed by atoms with E-state index in [1.54, 1.807) is 24.3 Å². The van der Waals surface area contributed by atoms with Crippen molar-refractivity contribution in [3.8, 4) is 0 Å². The number of carbonyl (C=O) groups is 1. The summed E-state index contributed by atoms with van der Waals surface area (Å²) in [6.45, 7) is 0. The van der Waals surface area contributed by atoms with Crippen LogP contribution in [0.15, 0.2) is 48.9 Å². The van der Waals surface area contributed by atoms with Crippen molar-refractivity contribution in [1.82, 2.24) is 20.4 Å². The SMILES string of the molecule is O=C(NNc1ncnc(Nc2ccc(Cl)cn2)c1[N+](=O)[O-])c1ccccc1Cl. The normalized spacial score (nSPS) is 10.2. The van der Waals surface area contributed by atoms with Crippen LogP contribution >= 0.6 is 23.2 Å². The number of rotatable bonds is 6. The van der Waals surface area contributed by atoms with Crippen LogP contribution in [0.1, 0.15) is 10.4 Å². The van der Waals surface area contributed by atoms with Gasteiger partial charge in [0, 0.05) is 6.20 Å². The number of halogens is 2. The molecule has 0 saturated carbocycles. The third-order valence-electron chi connectivity index (χ3n) is 3.39. The maximum atomic E-state index is 12.2. The molecule has 0 atom stereocenters. The molecule has 1 aromatic carbocycles. The molecule has 0 spiro atoms. The Morgan fingerprint density at radius 2 is 1.79 bits per heavy atom. The van der Waals surface area contributed by atoms with Gasteiger partial charge in [0.15, 0.2) is 0 Å². The van der Waals surface area contributed by atoms with Crippen molar-refractivity contribution in [2.75, 3.05) is 10.7 Å². The lowest BCUT2D eigenvalue weighted by atomic mass is 10.2. The zero-order valence-corrected chi connectivity index (χ0v) is 15.4. The molecule has 0 saturated heterocycles. The number of amides is 1. The molecule has 0 aliphatic heterocycles. The van der Waals surface area contributed by atoms with Crippen LogP contribution in [-0.2, 0) is 0 Å². The van der Waals surface area contributed by atoms with Crippen LogP contribution in [0.2, 0.25) is 10.0 Å². The van der Waals surface area contributed by atoms with Crippen LogP contribution in [0.3, 0.4) is 0 Å². The molecule has 0 fully saturated rings. The molecule has 2 heterocycles. The maximum absolute atomic E-state index is 12.2. The van der Waals surface area contributed by atoms with Crippen molar-refractivity contribution >= 4 is 52.3 Å². The number of nitrogens with zero attached hydrogens (tertiary/aromatic N) is 4. The highest BCUT2D eigenvalue weighted by molar-refractivity contribution is 6.33. The van der Waals surface area contributed by atoms with Crippen molar-refractivity contribution in [2.45, 2.75) is 0 Å². The minimum Gasteiger partial charge on any atom is -0.319 e. The predicted molar refractivity (Wildman–Crippen MR) is 104 cm³/mol. The van der Waals surface area contributed by atoms with Gasteiger partial charge in [-0.15, -0.1) is 0 Å². The summed E-state index contributed by atoms with van der Waals surface area (Å²) in [5, 5.41) is 14.9. The lowest BCUT2D eigenvalue weighted by molar-refractivity contribution is -0.383. The molecule has 0 unspecified atom stereocenters. The van der Waals surface area contributed by atoms with Crippen LogP contribution in [-0.4, -0.2) is 25.8 Å². The second-order valence-corrected chi connectivity index (χ2v) is 6.07. The largest absolute Gasteiger partial charge is 0.355 e. The van der Waals surface area contributed by atoms with Crippen molar-refractivity contribution in [3.05, 3.63) is 74.6 Å². The highest BCUT2D eigenvalue weighted by atomic mass is 35.5. The van der Waals surface area contributed by atoms with Crippen molar-refractivity contribution in [1.29, 1.82) is 0 Å². The van der Waals surface area contributed by atoms with Crippen LogP contribution in [0, 0.1) is 10.1 Å². The Labute approximate surface area is 168 Å². The van der Waals surface area contributed by atoms with Gasteiger partial charge in [-0.05, 0) is 24.3 Å². The minimum atomic E-state index is -0.692. The Morgan fingerprint density at radius 3 is 2.46 bits per heavy atom. The first-order valence-corrected chi connectivity index (χ1v) is 8.40. The van der Waals surface area contributed by atoms with Gasteiger partial charge in [0.2, 0.25) is 11.6 Å².